The van der Waals surface area contributed by atoms with Crippen molar-refractivity contribution in [2.75, 3.05) is 40.0 Å². The molecule has 0 bridgehead atoms. The second-order valence-electron chi connectivity index (χ2n) is 5.62. The Balaban J connectivity index is 1.58. The van der Waals surface area contributed by atoms with Gasteiger partial charge in [0.1, 0.15) is 12.4 Å². The molecule has 1 fully saturated rings. The van der Waals surface area contributed by atoms with Gasteiger partial charge in [-0.05, 0) is 43.4 Å². The lowest BCUT2D eigenvalue weighted by Crippen LogP contribution is -2.30. The van der Waals surface area contributed by atoms with Crippen molar-refractivity contribution in [3.05, 3.63) is 24.3 Å². The Kier molecular flexibility index (Phi) is 6.51. The van der Waals surface area contributed by atoms with Crippen LogP contribution in [-0.4, -0.2) is 62.0 Å². The molecular weight excluding hydrogens is 269 g/mol. The molecule has 5 nitrogen and oxygen atoms in total. The van der Waals surface area contributed by atoms with E-state index in [1.54, 1.807) is 18.2 Å². The maximum absolute atomic E-state index is 9.10. The van der Waals surface area contributed by atoms with Crippen molar-refractivity contribution < 1.29 is 19.5 Å². The molecule has 0 radical (unpaired) electrons. The first-order valence-electron chi connectivity index (χ1n) is 7.50. The smallest absolute Gasteiger partial charge is 0.488 e. The maximum Gasteiger partial charge on any atom is 0.488 e. The van der Waals surface area contributed by atoms with E-state index in [1.165, 1.54) is 12.8 Å². The summed E-state index contributed by atoms with van der Waals surface area (Å²) in [6, 6.07) is 6.86. The summed E-state index contributed by atoms with van der Waals surface area (Å²) in [6.07, 6.45) is 2.65. The largest absolute Gasteiger partial charge is 0.492 e. The zero-order chi connectivity index (χ0) is 15.1. The number of ether oxygens (including phenoxy) is 2. The zero-order valence-corrected chi connectivity index (χ0v) is 12.6. The SMILES string of the molecule is CN(CCOCC1CC1)CCOc1cccc(B(O)O)c1. The Labute approximate surface area is 126 Å². The Hall–Kier alpha value is -1.08. The normalized spacial score (nSPS) is 14.5. The molecule has 1 aliphatic carbocycles. The molecule has 116 valence electrons. The van der Waals surface area contributed by atoms with E-state index < -0.39 is 7.12 Å². The second kappa shape index (κ2) is 8.39. The van der Waals surface area contributed by atoms with Gasteiger partial charge in [-0.15, -0.1) is 0 Å². The number of hydrogen-bond acceptors (Lipinski definition) is 5. The molecule has 1 aromatic rings. The molecule has 1 aromatic carbocycles. The predicted molar refractivity (Wildman–Crippen MR) is 82.8 cm³/mol. The molecule has 0 saturated heterocycles. The van der Waals surface area contributed by atoms with Crippen molar-refractivity contribution in [3.63, 3.8) is 0 Å². The fraction of sp³-hybridized carbons (Fsp3) is 0.600. The summed E-state index contributed by atoms with van der Waals surface area (Å²) < 4.78 is 11.2. The van der Waals surface area contributed by atoms with Gasteiger partial charge in [-0.25, -0.2) is 0 Å². The predicted octanol–water partition coefficient (Wildman–Crippen LogP) is 0.104. The van der Waals surface area contributed by atoms with E-state index >= 15 is 0 Å². The van der Waals surface area contributed by atoms with E-state index in [9.17, 15) is 0 Å². The van der Waals surface area contributed by atoms with Gasteiger partial charge in [0.2, 0.25) is 0 Å². The van der Waals surface area contributed by atoms with Crippen molar-refractivity contribution in [1.82, 2.24) is 4.90 Å². The summed E-state index contributed by atoms with van der Waals surface area (Å²) in [7, 11) is 0.581. The minimum atomic E-state index is -1.46. The molecule has 2 N–H and O–H groups in total. The average Bonchev–Trinajstić information content (AvgIpc) is 3.28. The van der Waals surface area contributed by atoms with Crippen LogP contribution in [0.15, 0.2) is 24.3 Å². The highest BCUT2D eigenvalue weighted by Crippen LogP contribution is 2.28. The number of hydrogen-bond donors (Lipinski definition) is 2. The highest BCUT2D eigenvalue weighted by molar-refractivity contribution is 6.58. The van der Waals surface area contributed by atoms with Crippen LogP contribution < -0.4 is 10.2 Å². The van der Waals surface area contributed by atoms with E-state index in [1.807, 2.05) is 13.1 Å². The van der Waals surface area contributed by atoms with E-state index in [-0.39, 0.29) is 0 Å². The van der Waals surface area contributed by atoms with Crippen LogP contribution in [0.1, 0.15) is 12.8 Å². The van der Waals surface area contributed by atoms with Crippen LogP contribution in [0, 0.1) is 5.92 Å². The Morgan fingerprint density at radius 3 is 2.71 bits per heavy atom. The van der Waals surface area contributed by atoms with Gasteiger partial charge >= 0.3 is 7.12 Å². The van der Waals surface area contributed by atoms with E-state index in [2.05, 4.69) is 4.90 Å². The van der Waals surface area contributed by atoms with Crippen LogP contribution in [-0.2, 0) is 4.74 Å². The summed E-state index contributed by atoms with van der Waals surface area (Å²) in [4.78, 5) is 2.16. The molecule has 0 aliphatic heterocycles. The monoisotopic (exact) mass is 293 g/mol. The number of rotatable bonds is 10. The first-order chi connectivity index (χ1) is 10.1. The first-order valence-corrected chi connectivity index (χ1v) is 7.50. The number of benzene rings is 1. The Bertz CT molecular complexity index is 426. The fourth-order valence-electron chi connectivity index (χ4n) is 1.95. The van der Waals surface area contributed by atoms with Gasteiger partial charge in [0.15, 0.2) is 0 Å². The average molecular weight is 293 g/mol. The van der Waals surface area contributed by atoms with Crippen molar-refractivity contribution in [2.24, 2.45) is 5.92 Å². The molecule has 0 atom stereocenters. The lowest BCUT2D eigenvalue weighted by molar-refractivity contribution is 0.0992. The first kappa shape index (κ1) is 16.3. The van der Waals surface area contributed by atoms with Gasteiger partial charge in [-0.1, -0.05) is 12.1 Å². The molecule has 0 aromatic heterocycles. The van der Waals surface area contributed by atoms with Crippen LogP contribution in [0.4, 0.5) is 0 Å². The van der Waals surface area contributed by atoms with Crippen molar-refractivity contribution in [2.45, 2.75) is 12.8 Å². The molecule has 0 heterocycles. The highest BCUT2D eigenvalue weighted by atomic mass is 16.5. The zero-order valence-electron chi connectivity index (χ0n) is 12.6. The van der Waals surface area contributed by atoms with E-state index in [4.69, 9.17) is 19.5 Å². The number of likely N-dealkylation sites (N-methyl/N-ethyl adjacent to an activating group) is 1. The maximum atomic E-state index is 9.10. The van der Waals surface area contributed by atoms with Gasteiger partial charge in [0.25, 0.3) is 0 Å². The fourth-order valence-corrected chi connectivity index (χ4v) is 1.95. The molecule has 1 aliphatic rings. The van der Waals surface area contributed by atoms with E-state index in [0.717, 1.165) is 32.2 Å². The minimum Gasteiger partial charge on any atom is -0.492 e. The third kappa shape index (κ3) is 6.48. The molecule has 6 heteroatoms. The van der Waals surface area contributed by atoms with Gasteiger partial charge in [0.05, 0.1) is 6.61 Å². The summed E-state index contributed by atoms with van der Waals surface area (Å²) in [5, 5.41) is 18.2. The molecule has 0 spiro atoms. The minimum absolute atomic E-state index is 0.439. The van der Waals surface area contributed by atoms with Gasteiger partial charge in [-0.3, -0.25) is 0 Å². The molecule has 0 amide bonds. The Morgan fingerprint density at radius 1 is 1.24 bits per heavy atom. The van der Waals surface area contributed by atoms with Crippen molar-refractivity contribution in [1.29, 1.82) is 0 Å². The van der Waals surface area contributed by atoms with Crippen LogP contribution in [0.2, 0.25) is 0 Å². The van der Waals surface area contributed by atoms with Crippen LogP contribution in [0.3, 0.4) is 0 Å². The highest BCUT2D eigenvalue weighted by Gasteiger charge is 2.20. The Morgan fingerprint density at radius 2 is 2.00 bits per heavy atom. The summed E-state index contributed by atoms with van der Waals surface area (Å²) in [6.45, 7) is 3.92. The second-order valence-corrected chi connectivity index (χ2v) is 5.62. The van der Waals surface area contributed by atoms with Crippen LogP contribution in [0.25, 0.3) is 0 Å². The molecular formula is C15H24BNO4. The topological polar surface area (TPSA) is 62.2 Å². The summed E-state index contributed by atoms with van der Waals surface area (Å²) in [5.74, 6) is 1.46. The third-order valence-electron chi connectivity index (χ3n) is 3.57. The molecule has 2 rings (SSSR count). The van der Waals surface area contributed by atoms with Crippen molar-refractivity contribution >= 4 is 12.6 Å². The third-order valence-corrected chi connectivity index (χ3v) is 3.57. The van der Waals surface area contributed by atoms with E-state index in [0.29, 0.717) is 17.8 Å². The lowest BCUT2D eigenvalue weighted by atomic mass is 9.80. The lowest BCUT2D eigenvalue weighted by Gasteiger charge is -2.17. The number of nitrogens with zero attached hydrogens (tertiary/aromatic N) is 1. The van der Waals surface area contributed by atoms with Gasteiger partial charge in [-0.2, -0.15) is 0 Å². The van der Waals surface area contributed by atoms with Gasteiger partial charge in [0, 0.05) is 19.7 Å². The van der Waals surface area contributed by atoms with Crippen molar-refractivity contribution in [3.8, 4) is 5.75 Å². The molecule has 0 unspecified atom stereocenters. The van der Waals surface area contributed by atoms with Crippen LogP contribution in [0.5, 0.6) is 5.75 Å². The summed E-state index contributed by atoms with van der Waals surface area (Å²) in [5.41, 5.74) is 0.439. The molecule has 1 saturated carbocycles. The van der Waals surface area contributed by atoms with Gasteiger partial charge < -0.3 is 24.4 Å². The quantitative estimate of drug-likeness (QED) is 0.473. The standard InChI is InChI=1S/C15H24BNO4/c1-17(7-9-20-12-13-5-6-13)8-10-21-15-4-2-3-14(11-15)16(18)19/h2-4,11,13,18-19H,5-10,12H2,1H3. The van der Waals surface area contributed by atoms with Crippen LogP contribution >= 0.6 is 0 Å². The molecule has 21 heavy (non-hydrogen) atoms. The summed E-state index contributed by atoms with van der Waals surface area (Å²) >= 11 is 0.